The molecule has 6 nitrogen and oxygen atoms in total. The molecule has 0 heterocycles. The highest BCUT2D eigenvalue weighted by molar-refractivity contribution is 6.42. The third-order valence-corrected chi connectivity index (χ3v) is 6.17. The minimum Gasteiger partial charge on any atom is -0.481 e. The lowest BCUT2D eigenvalue weighted by molar-refractivity contribution is -0.136. The number of hydrogen-bond donors (Lipinski definition) is 3. The summed E-state index contributed by atoms with van der Waals surface area (Å²) in [6.45, 7) is 6.21. The molecule has 3 aromatic rings. The number of hydrazine groups is 1. The number of carboxylic acid groups (broad SMARTS) is 1. The fraction of sp³-hybridized carbons (Fsp3) is 0.111. The Morgan fingerprint density at radius 3 is 2.23 bits per heavy atom. The van der Waals surface area contributed by atoms with Crippen molar-refractivity contribution >= 4 is 46.3 Å². The zero-order valence-electron chi connectivity index (χ0n) is 19.1. The molecule has 0 bridgehead atoms. The number of amides is 1. The Kier molecular flexibility index (Phi) is 8.71. The standard InChI is InChI=1S/C27H25Cl2N3O3/c1-17(20-6-4-3-5-7-20)23(15-26(33)34)18(2)32(30)16-19-8-11-22(12-9-19)31-27(35)21-10-13-24(28)25(29)14-21/h3-14H,1,15-16,30H2,2H3,(H,31,35)(H,33,34)/b23-18-. The molecular weight excluding hydrogens is 485 g/mol. The van der Waals surface area contributed by atoms with E-state index in [0.717, 1.165) is 11.1 Å². The van der Waals surface area contributed by atoms with Crippen molar-refractivity contribution in [2.45, 2.75) is 19.9 Å². The van der Waals surface area contributed by atoms with Crippen molar-refractivity contribution in [3.8, 4) is 0 Å². The summed E-state index contributed by atoms with van der Waals surface area (Å²) in [6.07, 6.45) is -0.201. The van der Waals surface area contributed by atoms with Crippen molar-refractivity contribution in [2.24, 2.45) is 5.84 Å². The zero-order valence-corrected chi connectivity index (χ0v) is 20.6. The lowest BCUT2D eigenvalue weighted by Crippen LogP contribution is -2.30. The molecule has 0 saturated heterocycles. The number of carbonyl (C=O) groups is 2. The predicted molar refractivity (Wildman–Crippen MR) is 141 cm³/mol. The summed E-state index contributed by atoms with van der Waals surface area (Å²) in [5.74, 6) is 5.03. The SMILES string of the molecule is C=C(/C(CC(=O)O)=C(/C)N(N)Cc1ccc(NC(=O)c2ccc(Cl)c(Cl)c2)cc1)c1ccccc1. The van der Waals surface area contributed by atoms with Crippen molar-refractivity contribution in [1.29, 1.82) is 0 Å². The van der Waals surface area contributed by atoms with Crippen LogP contribution < -0.4 is 11.2 Å². The van der Waals surface area contributed by atoms with Gasteiger partial charge in [0.15, 0.2) is 0 Å². The average molecular weight is 510 g/mol. The highest BCUT2D eigenvalue weighted by Crippen LogP contribution is 2.28. The lowest BCUT2D eigenvalue weighted by atomic mass is 9.95. The van der Waals surface area contributed by atoms with Gasteiger partial charge in [-0.1, -0.05) is 72.2 Å². The summed E-state index contributed by atoms with van der Waals surface area (Å²) in [5.41, 5.74) is 4.47. The van der Waals surface area contributed by atoms with Crippen molar-refractivity contribution < 1.29 is 14.7 Å². The monoisotopic (exact) mass is 509 g/mol. The molecule has 8 heteroatoms. The Morgan fingerprint density at radius 1 is 0.971 bits per heavy atom. The maximum absolute atomic E-state index is 12.5. The third kappa shape index (κ3) is 6.96. The van der Waals surface area contributed by atoms with Crippen LogP contribution in [0, 0.1) is 0 Å². The minimum atomic E-state index is -0.966. The number of allylic oxidation sites excluding steroid dienone is 2. The van der Waals surface area contributed by atoms with Crippen LogP contribution in [0.1, 0.15) is 34.8 Å². The molecule has 3 rings (SSSR count). The van der Waals surface area contributed by atoms with Gasteiger partial charge in [0.2, 0.25) is 0 Å². The van der Waals surface area contributed by atoms with E-state index >= 15 is 0 Å². The van der Waals surface area contributed by atoms with Crippen LogP contribution in [-0.2, 0) is 11.3 Å². The van der Waals surface area contributed by atoms with Gasteiger partial charge in [-0.05, 0) is 59.5 Å². The van der Waals surface area contributed by atoms with Gasteiger partial charge in [-0.15, -0.1) is 0 Å². The summed E-state index contributed by atoms with van der Waals surface area (Å²) >= 11 is 11.9. The molecule has 35 heavy (non-hydrogen) atoms. The summed E-state index contributed by atoms with van der Waals surface area (Å²) in [6, 6.07) is 21.2. The smallest absolute Gasteiger partial charge is 0.307 e. The first-order valence-electron chi connectivity index (χ1n) is 10.7. The number of anilines is 1. The third-order valence-electron chi connectivity index (χ3n) is 5.43. The van der Waals surface area contributed by atoms with Crippen molar-refractivity contribution in [3.05, 3.63) is 117 Å². The molecule has 0 unspecified atom stereocenters. The molecule has 4 N–H and O–H groups in total. The zero-order chi connectivity index (χ0) is 25.5. The molecular formula is C27H25Cl2N3O3. The number of nitrogens with two attached hydrogens (primary N) is 1. The van der Waals surface area contributed by atoms with E-state index in [0.29, 0.717) is 44.7 Å². The van der Waals surface area contributed by atoms with Gasteiger partial charge in [-0.2, -0.15) is 0 Å². The number of nitrogens with zero attached hydrogens (tertiary/aromatic N) is 1. The number of hydrogen-bond acceptors (Lipinski definition) is 4. The number of nitrogens with one attached hydrogen (secondary N) is 1. The predicted octanol–water partition coefficient (Wildman–Crippen LogP) is 6.38. The van der Waals surface area contributed by atoms with Crippen molar-refractivity contribution in [3.63, 3.8) is 0 Å². The van der Waals surface area contributed by atoms with E-state index in [4.69, 9.17) is 29.0 Å². The second-order valence-electron chi connectivity index (χ2n) is 7.89. The van der Waals surface area contributed by atoms with Crippen LogP contribution in [0.2, 0.25) is 10.0 Å². The Hall–Kier alpha value is -3.58. The van der Waals surface area contributed by atoms with Gasteiger partial charge in [0.1, 0.15) is 0 Å². The van der Waals surface area contributed by atoms with Crippen molar-refractivity contribution in [1.82, 2.24) is 5.01 Å². The van der Waals surface area contributed by atoms with Crippen molar-refractivity contribution in [2.75, 3.05) is 5.32 Å². The Morgan fingerprint density at radius 2 is 1.63 bits per heavy atom. The number of benzene rings is 3. The highest BCUT2D eigenvalue weighted by atomic mass is 35.5. The van der Waals surface area contributed by atoms with Crippen LogP contribution in [-0.4, -0.2) is 22.0 Å². The summed E-state index contributed by atoms with van der Waals surface area (Å²) in [4.78, 5) is 24.0. The van der Waals surface area contributed by atoms with E-state index in [1.807, 2.05) is 42.5 Å². The molecule has 0 aliphatic carbocycles. The van der Waals surface area contributed by atoms with E-state index < -0.39 is 5.97 Å². The summed E-state index contributed by atoms with van der Waals surface area (Å²) < 4.78 is 0. The van der Waals surface area contributed by atoms with E-state index in [1.165, 1.54) is 11.1 Å². The Balaban J connectivity index is 1.73. The van der Waals surface area contributed by atoms with Gasteiger partial charge < -0.3 is 15.4 Å². The largest absolute Gasteiger partial charge is 0.481 e. The highest BCUT2D eigenvalue weighted by Gasteiger charge is 2.16. The van der Waals surface area contributed by atoms with Gasteiger partial charge in [-0.25, -0.2) is 5.84 Å². The first kappa shape index (κ1) is 26.0. The second-order valence-corrected chi connectivity index (χ2v) is 8.70. The molecule has 0 atom stereocenters. The number of carbonyl (C=O) groups excluding carboxylic acids is 1. The van der Waals surface area contributed by atoms with Crippen LogP contribution in [0.4, 0.5) is 5.69 Å². The van der Waals surface area contributed by atoms with E-state index in [2.05, 4.69) is 11.9 Å². The van der Waals surface area contributed by atoms with E-state index in [1.54, 1.807) is 31.2 Å². The quantitative estimate of drug-likeness (QED) is 0.176. The molecule has 0 fully saturated rings. The summed E-state index contributed by atoms with van der Waals surface area (Å²) in [7, 11) is 0. The normalized spacial score (nSPS) is 11.4. The maximum Gasteiger partial charge on any atom is 0.307 e. The van der Waals surface area contributed by atoms with Gasteiger partial charge in [0, 0.05) is 16.9 Å². The maximum atomic E-state index is 12.5. The first-order valence-corrected chi connectivity index (χ1v) is 11.4. The molecule has 0 aliphatic heterocycles. The number of aliphatic carboxylic acids is 1. The average Bonchev–Trinajstić information content (AvgIpc) is 2.85. The first-order chi connectivity index (χ1) is 16.7. The van der Waals surface area contributed by atoms with Gasteiger partial charge in [-0.3, -0.25) is 9.59 Å². The van der Waals surface area contributed by atoms with E-state index in [-0.39, 0.29) is 12.3 Å². The van der Waals surface area contributed by atoms with E-state index in [9.17, 15) is 14.7 Å². The fourth-order valence-corrected chi connectivity index (χ4v) is 3.74. The fourth-order valence-electron chi connectivity index (χ4n) is 3.44. The van der Waals surface area contributed by atoms with Gasteiger partial charge >= 0.3 is 5.97 Å². The van der Waals surface area contributed by atoms with Gasteiger partial charge in [0.25, 0.3) is 5.91 Å². The minimum absolute atomic E-state index is 0.201. The van der Waals surface area contributed by atoms with Crippen LogP contribution in [0.5, 0.6) is 0 Å². The molecule has 0 spiro atoms. The molecule has 0 saturated carbocycles. The lowest BCUT2D eigenvalue weighted by Gasteiger charge is -2.24. The number of carboxylic acids is 1. The van der Waals surface area contributed by atoms with Crippen LogP contribution >= 0.6 is 23.2 Å². The molecule has 1 amide bonds. The molecule has 0 radical (unpaired) electrons. The molecule has 0 aromatic heterocycles. The molecule has 180 valence electrons. The molecule has 0 aliphatic rings. The van der Waals surface area contributed by atoms with Crippen LogP contribution in [0.3, 0.4) is 0 Å². The van der Waals surface area contributed by atoms with Crippen LogP contribution in [0.25, 0.3) is 5.57 Å². The number of rotatable bonds is 9. The summed E-state index contributed by atoms with van der Waals surface area (Å²) in [5, 5.41) is 14.4. The number of halogens is 2. The van der Waals surface area contributed by atoms with Gasteiger partial charge in [0.05, 0.1) is 23.0 Å². The second kappa shape index (κ2) is 11.7. The Bertz CT molecular complexity index is 1270. The topological polar surface area (TPSA) is 95.7 Å². The van der Waals surface area contributed by atoms with Crippen LogP contribution in [0.15, 0.2) is 90.6 Å². The Labute approximate surface area is 214 Å². The molecule has 3 aromatic carbocycles.